The predicted octanol–water partition coefficient (Wildman–Crippen LogP) is 5.51. The Labute approximate surface area is 154 Å². The molecule has 3 aromatic rings. The SMILES string of the molecule is Clc1ccc(/C=C/c2ccccc2-c2n[se]c3c2CCCC3)cc1. The van der Waals surface area contributed by atoms with Crippen LogP contribution >= 0.6 is 11.6 Å². The summed E-state index contributed by atoms with van der Waals surface area (Å²) in [6.45, 7) is 0. The summed E-state index contributed by atoms with van der Waals surface area (Å²) in [7, 11) is 0. The van der Waals surface area contributed by atoms with Crippen LogP contribution in [0.5, 0.6) is 0 Å². The summed E-state index contributed by atoms with van der Waals surface area (Å²) >= 11 is 6.28. The van der Waals surface area contributed by atoms with Crippen LogP contribution in [0.15, 0.2) is 48.5 Å². The predicted molar refractivity (Wildman–Crippen MR) is 104 cm³/mol. The van der Waals surface area contributed by atoms with Gasteiger partial charge in [-0.1, -0.05) is 0 Å². The van der Waals surface area contributed by atoms with Crippen LogP contribution in [0.25, 0.3) is 23.4 Å². The molecule has 1 aromatic heterocycles. The molecule has 3 heteroatoms. The van der Waals surface area contributed by atoms with Gasteiger partial charge in [0.25, 0.3) is 0 Å². The van der Waals surface area contributed by atoms with Gasteiger partial charge in [0.1, 0.15) is 0 Å². The molecule has 0 radical (unpaired) electrons. The summed E-state index contributed by atoms with van der Waals surface area (Å²) in [6, 6.07) is 16.5. The molecule has 0 bridgehead atoms. The number of aryl methyl sites for hydroxylation is 1. The Morgan fingerprint density at radius 2 is 1.71 bits per heavy atom. The van der Waals surface area contributed by atoms with Crippen LogP contribution in [0.3, 0.4) is 0 Å². The van der Waals surface area contributed by atoms with E-state index in [9.17, 15) is 0 Å². The Kier molecular flexibility index (Phi) is 4.71. The Morgan fingerprint density at radius 1 is 0.917 bits per heavy atom. The van der Waals surface area contributed by atoms with E-state index in [4.69, 9.17) is 15.6 Å². The van der Waals surface area contributed by atoms with Crippen molar-refractivity contribution < 1.29 is 0 Å². The molecular weight excluding hydrogens is 381 g/mol. The van der Waals surface area contributed by atoms with E-state index in [0.717, 1.165) is 10.6 Å². The van der Waals surface area contributed by atoms with Gasteiger partial charge in [0.15, 0.2) is 0 Å². The first-order valence-electron chi connectivity index (χ1n) is 8.32. The van der Waals surface area contributed by atoms with Gasteiger partial charge in [-0.05, 0) is 0 Å². The molecule has 1 heterocycles. The summed E-state index contributed by atoms with van der Waals surface area (Å²) in [5.41, 5.74) is 6.46. The molecular formula is C21H18ClNSe. The van der Waals surface area contributed by atoms with Crippen molar-refractivity contribution >= 4 is 38.5 Å². The number of nitrogens with zero attached hydrogens (tertiary/aromatic N) is 1. The summed E-state index contributed by atoms with van der Waals surface area (Å²) < 4.78 is 6.56. The maximum atomic E-state index is 5.96. The van der Waals surface area contributed by atoms with Crippen LogP contribution in [-0.4, -0.2) is 18.7 Å². The van der Waals surface area contributed by atoms with E-state index in [1.54, 1.807) is 4.44 Å². The molecule has 4 rings (SSSR count). The van der Waals surface area contributed by atoms with Crippen LogP contribution in [0.4, 0.5) is 0 Å². The molecule has 2 aromatic carbocycles. The summed E-state index contributed by atoms with van der Waals surface area (Å²) in [5.74, 6) is 0. The molecule has 1 nitrogen and oxygen atoms in total. The molecule has 0 saturated heterocycles. The number of aromatic nitrogens is 1. The van der Waals surface area contributed by atoms with Gasteiger partial charge in [0, 0.05) is 0 Å². The van der Waals surface area contributed by atoms with E-state index in [1.165, 1.54) is 48.1 Å². The Balaban J connectivity index is 1.71. The monoisotopic (exact) mass is 399 g/mol. The third-order valence-electron chi connectivity index (χ3n) is 4.49. The molecule has 1 aliphatic rings. The van der Waals surface area contributed by atoms with E-state index < -0.39 is 0 Å². The Morgan fingerprint density at radius 3 is 2.58 bits per heavy atom. The average molecular weight is 399 g/mol. The second-order valence-electron chi connectivity index (χ2n) is 6.11. The number of fused-ring (bicyclic) bond motifs is 1. The van der Waals surface area contributed by atoms with E-state index in [2.05, 4.69) is 36.4 Å². The van der Waals surface area contributed by atoms with Gasteiger partial charge in [-0.3, -0.25) is 0 Å². The van der Waals surface area contributed by atoms with Crippen molar-refractivity contribution in [2.24, 2.45) is 0 Å². The first-order valence-corrected chi connectivity index (χ1v) is 10.3. The molecule has 0 fully saturated rings. The van der Waals surface area contributed by atoms with Crippen molar-refractivity contribution in [3.63, 3.8) is 0 Å². The van der Waals surface area contributed by atoms with Crippen molar-refractivity contribution in [3.05, 3.63) is 74.7 Å². The molecule has 24 heavy (non-hydrogen) atoms. The molecule has 0 unspecified atom stereocenters. The third-order valence-corrected chi connectivity index (χ3v) is 6.73. The van der Waals surface area contributed by atoms with Crippen molar-refractivity contribution in [1.82, 2.24) is 3.98 Å². The molecule has 1 aliphatic carbocycles. The van der Waals surface area contributed by atoms with Gasteiger partial charge in [-0.15, -0.1) is 0 Å². The van der Waals surface area contributed by atoms with Gasteiger partial charge >= 0.3 is 154 Å². The molecule has 0 aliphatic heterocycles. The molecule has 120 valence electrons. The van der Waals surface area contributed by atoms with Crippen LogP contribution in [0.1, 0.15) is 34.0 Å². The normalized spacial score (nSPS) is 14.0. The summed E-state index contributed by atoms with van der Waals surface area (Å²) in [6.07, 6.45) is 9.43. The average Bonchev–Trinajstić information content (AvgIpc) is 3.05. The molecule has 0 spiro atoms. The zero-order valence-electron chi connectivity index (χ0n) is 13.3. The van der Waals surface area contributed by atoms with Gasteiger partial charge < -0.3 is 0 Å². The van der Waals surface area contributed by atoms with Gasteiger partial charge in [-0.2, -0.15) is 0 Å². The van der Waals surface area contributed by atoms with Gasteiger partial charge in [-0.25, -0.2) is 0 Å². The zero-order chi connectivity index (χ0) is 16.4. The minimum absolute atomic E-state index is 0.318. The Bertz CT molecular complexity index is 877. The van der Waals surface area contributed by atoms with Crippen LogP contribution in [0.2, 0.25) is 5.02 Å². The van der Waals surface area contributed by atoms with E-state index in [1.807, 2.05) is 24.3 Å². The fourth-order valence-corrected chi connectivity index (χ4v) is 5.34. The minimum atomic E-state index is 0.318. The summed E-state index contributed by atoms with van der Waals surface area (Å²) in [5, 5.41) is 0.770. The zero-order valence-corrected chi connectivity index (χ0v) is 15.8. The van der Waals surface area contributed by atoms with Crippen molar-refractivity contribution in [2.45, 2.75) is 25.7 Å². The van der Waals surface area contributed by atoms with E-state index >= 15 is 0 Å². The standard InChI is InChI=1S/C21H18ClNSe/c22-17-13-10-15(11-14-17)9-12-16-5-1-2-6-18(16)21-19-7-3-4-8-20(19)24-23-21/h1-2,5-6,9-14H,3-4,7-8H2/b12-9+. The number of rotatable bonds is 3. The second-order valence-corrected chi connectivity index (χ2v) is 8.35. The Hall–Kier alpha value is -1.60. The van der Waals surface area contributed by atoms with Crippen LogP contribution in [-0.2, 0) is 12.8 Å². The van der Waals surface area contributed by atoms with Crippen molar-refractivity contribution in [2.75, 3.05) is 0 Å². The van der Waals surface area contributed by atoms with E-state index in [-0.39, 0.29) is 0 Å². The third kappa shape index (κ3) is 3.28. The molecule has 0 atom stereocenters. The topological polar surface area (TPSA) is 12.9 Å². The molecule has 0 saturated carbocycles. The number of halogens is 1. The first kappa shape index (κ1) is 15.9. The molecule has 0 amide bonds. The number of hydrogen-bond donors (Lipinski definition) is 0. The quantitative estimate of drug-likeness (QED) is 0.419. The number of hydrogen-bond acceptors (Lipinski definition) is 1. The first-order chi connectivity index (χ1) is 11.8. The molecule has 0 N–H and O–H groups in total. The van der Waals surface area contributed by atoms with Gasteiger partial charge in [0.05, 0.1) is 0 Å². The second kappa shape index (κ2) is 7.11. The van der Waals surface area contributed by atoms with E-state index in [0.29, 0.717) is 14.7 Å². The maximum absolute atomic E-state index is 5.96. The van der Waals surface area contributed by atoms with Gasteiger partial charge in [0.2, 0.25) is 0 Å². The van der Waals surface area contributed by atoms with Crippen molar-refractivity contribution in [1.29, 1.82) is 0 Å². The van der Waals surface area contributed by atoms with Crippen LogP contribution < -0.4 is 0 Å². The fraction of sp³-hybridized carbons (Fsp3) is 0.190. The fourth-order valence-electron chi connectivity index (χ4n) is 3.21. The van der Waals surface area contributed by atoms with Crippen LogP contribution in [0, 0.1) is 0 Å². The number of benzene rings is 2. The van der Waals surface area contributed by atoms with Crippen molar-refractivity contribution in [3.8, 4) is 11.3 Å². The summed E-state index contributed by atoms with van der Waals surface area (Å²) in [4.78, 5) is 0.